The van der Waals surface area contributed by atoms with Gasteiger partial charge in [-0.2, -0.15) is 0 Å². The zero-order valence-corrected chi connectivity index (χ0v) is 17.3. The smallest absolute Gasteiger partial charge is 0.309 e. The molecule has 28 heavy (non-hydrogen) atoms. The zero-order valence-electron chi connectivity index (χ0n) is 16.5. The number of hydrogen-bond acceptors (Lipinski definition) is 5. The molecule has 0 saturated carbocycles. The molecule has 1 aromatic heterocycles. The Balaban J connectivity index is 2.28. The molecule has 2 atom stereocenters. The predicted octanol–water partition coefficient (Wildman–Crippen LogP) is 2.44. The molecule has 0 fully saturated rings. The fraction of sp³-hybridized carbons (Fsp3) is 0.400. The molecule has 0 saturated heterocycles. The third-order valence-corrected chi connectivity index (χ3v) is 6.73. The summed E-state index contributed by atoms with van der Waals surface area (Å²) in [5, 5.41) is 3.82. The summed E-state index contributed by atoms with van der Waals surface area (Å²) in [6, 6.07) is 8.13. The van der Waals surface area contributed by atoms with Crippen molar-refractivity contribution in [2.24, 2.45) is 0 Å². The molecule has 2 aromatic rings. The summed E-state index contributed by atoms with van der Waals surface area (Å²) in [7, 11) is -3.87. The molecule has 0 unspecified atom stereocenters. The minimum Gasteiger partial charge on any atom is -0.468 e. The number of amides is 2. The highest BCUT2D eigenvalue weighted by atomic mass is 32.2. The van der Waals surface area contributed by atoms with Gasteiger partial charge in [0.2, 0.25) is 0 Å². The lowest BCUT2D eigenvalue weighted by molar-refractivity contribution is -0.139. The molecule has 0 bridgehead atoms. The van der Waals surface area contributed by atoms with Crippen LogP contribution in [-0.2, 0) is 19.4 Å². The summed E-state index contributed by atoms with van der Waals surface area (Å²) >= 11 is 0. The number of benzene rings is 1. The number of nitrogens with one attached hydrogen (secondary N) is 2. The molecule has 8 heteroatoms. The van der Waals surface area contributed by atoms with E-state index in [0.717, 1.165) is 5.56 Å². The fourth-order valence-electron chi connectivity index (χ4n) is 2.66. The minimum atomic E-state index is -3.87. The van der Waals surface area contributed by atoms with E-state index >= 15 is 0 Å². The Labute approximate surface area is 165 Å². The Bertz CT molecular complexity index is 936. The van der Waals surface area contributed by atoms with E-state index < -0.39 is 26.9 Å². The first kappa shape index (κ1) is 21.7. The lowest BCUT2D eigenvalue weighted by Crippen LogP contribution is -2.45. The molecule has 1 heterocycles. The average molecular weight is 407 g/mol. The molecule has 2 rings (SSSR count). The van der Waals surface area contributed by atoms with Crippen molar-refractivity contribution in [1.82, 2.24) is 10.6 Å². The Morgan fingerprint density at radius 2 is 1.86 bits per heavy atom. The zero-order chi connectivity index (χ0) is 20.9. The van der Waals surface area contributed by atoms with Crippen molar-refractivity contribution in [3.63, 3.8) is 0 Å². The van der Waals surface area contributed by atoms with Gasteiger partial charge in [-0.1, -0.05) is 19.1 Å². The first-order chi connectivity index (χ1) is 13.2. The summed E-state index contributed by atoms with van der Waals surface area (Å²) in [6.45, 7) is 6.90. The number of hydrogen-bond donors (Lipinski definition) is 2. The molecule has 1 aromatic carbocycles. The number of rotatable bonds is 7. The van der Waals surface area contributed by atoms with Crippen molar-refractivity contribution < 1.29 is 22.4 Å². The average Bonchev–Trinajstić information content (AvgIpc) is 3.17. The highest BCUT2D eigenvalue weighted by Gasteiger charge is 2.33. The number of carbonyl (C=O) groups is 2. The van der Waals surface area contributed by atoms with E-state index in [4.69, 9.17) is 4.42 Å². The van der Waals surface area contributed by atoms with Crippen LogP contribution < -0.4 is 10.6 Å². The summed E-state index contributed by atoms with van der Waals surface area (Å²) in [5.74, 6) is -1.48. The number of furan rings is 1. The van der Waals surface area contributed by atoms with Crippen molar-refractivity contribution in [3.05, 3.63) is 53.5 Å². The molecular formula is C20H26N2O5S. The number of carbonyl (C=O) groups excluding carboxylic acids is 2. The molecule has 7 nitrogen and oxygen atoms in total. The standard InChI is InChI=1S/C20H26N2O5S/c1-5-15(4)22-20(24)19(23)21-12-18(16-7-6-10-27-16)28(25,26)17-11-13(2)8-9-14(17)3/h6-11,15,18H,5,12H2,1-4H3,(H,21,23)(H,22,24)/t15-,18+/m0/s1. The van der Waals surface area contributed by atoms with Crippen molar-refractivity contribution in [3.8, 4) is 0 Å². The minimum absolute atomic E-state index is 0.155. The van der Waals surface area contributed by atoms with E-state index in [-0.39, 0.29) is 23.2 Å². The van der Waals surface area contributed by atoms with Crippen LogP contribution in [0.1, 0.15) is 42.4 Å². The molecule has 152 valence electrons. The van der Waals surface area contributed by atoms with Crippen LogP contribution in [-0.4, -0.2) is 32.8 Å². The Morgan fingerprint density at radius 3 is 2.46 bits per heavy atom. The number of sulfone groups is 1. The molecule has 0 aliphatic carbocycles. The maximum atomic E-state index is 13.3. The van der Waals surface area contributed by atoms with Gasteiger partial charge in [-0.25, -0.2) is 8.42 Å². The van der Waals surface area contributed by atoms with Gasteiger partial charge in [0.25, 0.3) is 0 Å². The topological polar surface area (TPSA) is 105 Å². The predicted molar refractivity (Wildman–Crippen MR) is 105 cm³/mol. The van der Waals surface area contributed by atoms with Gasteiger partial charge in [-0.3, -0.25) is 9.59 Å². The van der Waals surface area contributed by atoms with Crippen LogP contribution in [0.2, 0.25) is 0 Å². The summed E-state index contributed by atoms with van der Waals surface area (Å²) in [4.78, 5) is 24.2. The van der Waals surface area contributed by atoms with E-state index in [9.17, 15) is 18.0 Å². The summed E-state index contributed by atoms with van der Waals surface area (Å²) < 4.78 is 31.9. The van der Waals surface area contributed by atoms with Crippen molar-refractivity contribution in [1.29, 1.82) is 0 Å². The third-order valence-electron chi connectivity index (χ3n) is 4.53. The number of aryl methyl sites for hydroxylation is 2. The van der Waals surface area contributed by atoms with E-state index in [2.05, 4.69) is 10.6 Å². The fourth-order valence-corrected chi connectivity index (χ4v) is 4.58. The summed E-state index contributed by atoms with van der Waals surface area (Å²) in [6.07, 6.45) is 2.05. The second-order valence-electron chi connectivity index (χ2n) is 6.81. The van der Waals surface area contributed by atoms with Crippen LogP contribution in [0, 0.1) is 13.8 Å². The second-order valence-corrected chi connectivity index (χ2v) is 8.91. The second kappa shape index (κ2) is 9.05. The first-order valence-electron chi connectivity index (χ1n) is 9.10. The molecule has 2 N–H and O–H groups in total. The maximum absolute atomic E-state index is 13.3. The lowest BCUT2D eigenvalue weighted by Gasteiger charge is -2.18. The van der Waals surface area contributed by atoms with Crippen molar-refractivity contribution in [2.75, 3.05) is 6.54 Å². The van der Waals surface area contributed by atoms with E-state index in [1.54, 1.807) is 45.0 Å². The van der Waals surface area contributed by atoms with E-state index in [1.165, 1.54) is 6.26 Å². The normalized spacial score (nSPS) is 13.6. The molecule has 0 radical (unpaired) electrons. The van der Waals surface area contributed by atoms with Crippen LogP contribution in [0.5, 0.6) is 0 Å². The molecule has 0 spiro atoms. The van der Waals surface area contributed by atoms with Gasteiger partial charge in [-0.15, -0.1) is 0 Å². The van der Waals surface area contributed by atoms with Crippen LogP contribution in [0.3, 0.4) is 0 Å². The Morgan fingerprint density at radius 1 is 1.14 bits per heavy atom. The Hall–Kier alpha value is -2.61. The third kappa shape index (κ3) is 5.01. The highest BCUT2D eigenvalue weighted by molar-refractivity contribution is 7.91. The van der Waals surface area contributed by atoms with Crippen LogP contribution in [0.15, 0.2) is 45.9 Å². The Kier molecular flexibility index (Phi) is 7.01. The molecule has 0 aliphatic heterocycles. The quantitative estimate of drug-likeness (QED) is 0.687. The summed E-state index contributed by atoms with van der Waals surface area (Å²) in [5.41, 5.74) is 1.40. The van der Waals surface area contributed by atoms with Gasteiger partial charge >= 0.3 is 11.8 Å². The van der Waals surface area contributed by atoms with Gasteiger partial charge in [0.1, 0.15) is 11.0 Å². The van der Waals surface area contributed by atoms with Gasteiger partial charge in [0, 0.05) is 12.6 Å². The van der Waals surface area contributed by atoms with Gasteiger partial charge in [-0.05, 0) is 56.5 Å². The monoisotopic (exact) mass is 406 g/mol. The maximum Gasteiger partial charge on any atom is 0.309 e. The van der Waals surface area contributed by atoms with E-state index in [0.29, 0.717) is 12.0 Å². The van der Waals surface area contributed by atoms with Crippen LogP contribution >= 0.6 is 0 Å². The van der Waals surface area contributed by atoms with Crippen LogP contribution in [0.4, 0.5) is 0 Å². The SMILES string of the molecule is CC[C@H](C)NC(=O)C(=O)NC[C@H](c1ccco1)S(=O)(=O)c1cc(C)ccc1C. The largest absolute Gasteiger partial charge is 0.468 e. The van der Waals surface area contributed by atoms with Crippen molar-refractivity contribution in [2.45, 2.75) is 50.3 Å². The molecular weight excluding hydrogens is 380 g/mol. The molecule has 2 amide bonds. The van der Waals surface area contributed by atoms with Gasteiger partial charge in [0.05, 0.1) is 11.2 Å². The lowest BCUT2D eigenvalue weighted by atomic mass is 10.2. The van der Waals surface area contributed by atoms with Crippen LogP contribution in [0.25, 0.3) is 0 Å². The van der Waals surface area contributed by atoms with Gasteiger partial charge in [0.15, 0.2) is 9.84 Å². The van der Waals surface area contributed by atoms with E-state index in [1.807, 2.05) is 13.0 Å². The highest BCUT2D eigenvalue weighted by Crippen LogP contribution is 2.31. The van der Waals surface area contributed by atoms with Crippen molar-refractivity contribution >= 4 is 21.7 Å². The first-order valence-corrected chi connectivity index (χ1v) is 10.6. The van der Waals surface area contributed by atoms with Gasteiger partial charge < -0.3 is 15.1 Å². The molecule has 0 aliphatic rings.